The second kappa shape index (κ2) is 10.5. The summed E-state index contributed by atoms with van der Waals surface area (Å²) in [5, 5.41) is 6.78. The van der Waals surface area contributed by atoms with Crippen LogP contribution < -0.4 is 14.5 Å². The summed E-state index contributed by atoms with van der Waals surface area (Å²) in [5.74, 6) is 0.968. The van der Waals surface area contributed by atoms with E-state index in [0.29, 0.717) is 40.1 Å². The van der Waals surface area contributed by atoms with E-state index < -0.39 is 0 Å². The molecule has 0 aromatic heterocycles. The van der Waals surface area contributed by atoms with Crippen molar-refractivity contribution >= 4 is 35.0 Å². The smallest absolute Gasteiger partial charge is 0.281 e. The lowest BCUT2D eigenvalue weighted by molar-refractivity contribution is -0.114. The van der Waals surface area contributed by atoms with Gasteiger partial charge in [0, 0.05) is 10.6 Å². The number of anilines is 1. The first-order valence-electron chi connectivity index (χ1n) is 11.4. The average Bonchev–Trinajstić information content (AvgIpc) is 3.24. The van der Waals surface area contributed by atoms with E-state index in [4.69, 9.17) is 21.1 Å². The van der Waals surface area contributed by atoms with Crippen LogP contribution in [0.5, 0.6) is 11.5 Å². The maximum Gasteiger partial charge on any atom is 0.281 e. The molecule has 178 valence electrons. The lowest BCUT2D eigenvalue weighted by Gasteiger charge is -2.12. The maximum atomic E-state index is 13.5. The van der Waals surface area contributed by atoms with Gasteiger partial charge >= 0.3 is 0 Å². The quantitative estimate of drug-likeness (QED) is 0.267. The topological polar surface area (TPSA) is 51.1 Å². The number of methoxy groups -OCH3 is 1. The van der Waals surface area contributed by atoms with Crippen LogP contribution >= 0.6 is 11.6 Å². The molecule has 0 aliphatic carbocycles. The number of halogens is 1. The molecule has 4 aromatic carbocycles. The second-order valence-electron chi connectivity index (χ2n) is 8.15. The molecule has 0 bridgehead atoms. The minimum Gasteiger partial charge on any atom is -0.493 e. The molecule has 5 nitrogen and oxygen atoms in total. The first-order chi connectivity index (χ1) is 17.6. The van der Waals surface area contributed by atoms with Crippen molar-refractivity contribution in [1.29, 1.82) is 0 Å². The van der Waals surface area contributed by atoms with Gasteiger partial charge in [0.15, 0.2) is 11.5 Å². The van der Waals surface area contributed by atoms with Crippen molar-refractivity contribution in [3.05, 3.63) is 130 Å². The van der Waals surface area contributed by atoms with E-state index in [0.717, 1.165) is 16.7 Å². The molecule has 0 atom stereocenters. The molecule has 0 fully saturated rings. The summed E-state index contributed by atoms with van der Waals surface area (Å²) in [6.45, 7) is 0.354. The van der Waals surface area contributed by atoms with Gasteiger partial charge in [-0.05, 0) is 53.6 Å². The van der Waals surface area contributed by atoms with Crippen molar-refractivity contribution in [2.24, 2.45) is 5.10 Å². The van der Waals surface area contributed by atoms with E-state index in [-0.39, 0.29) is 5.91 Å². The second-order valence-corrected chi connectivity index (χ2v) is 8.59. The van der Waals surface area contributed by atoms with Gasteiger partial charge in [0.2, 0.25) is 0 Å². The largest absolute Gasteiger partial charge is 0.493 e. The van der Waals surface area contributed by atoms with E-state index in [9.17, 15) is 4.79 Å². The summed E-state index contributed by atoms with van der Waals surface area (Å²) in [5.41, 5.74) is 4.44. The van der Waals surface area contributed by atoms with Gasteiger partial charge in [-0.2, -0.15) is 10.1 Å². The summed E-state index contributed by atoms with van der Waals surface area (Å²) in [6.07, 6.45) is 1.83. The Labute approximate surface area is 214 Å². The van der Waals surface area contributed by atoms with Crippen molar-refractivity contribution in [1.82, 2.24) is 0 Å². The van der Waals surface area contributed by atoms with E-state index in [1.54, 1.807) is 7.11 Å². The van der Waals surface area contributed by atoms with Gasteiger partial charge < -0.3 is 9.47 Å². The molecule has 1 amide bonds. The number of ether oxygens (including phenoxy) is 2. The molecule has 6 heteroatoms. The van der Waals surface area contributed by atoms with Gasteiger partial charge in [0.05, 0.1) is 18.4 Å². The van der Waals surface area contributed by atoms with Crippen LogP contribution in [0.15, 0.2) is 114 Å². The zero-order valence-electron chi connectivity index (χ0n) is 19.6. The van der Waals surface area contributed by atoms with Crippen LogP contribution in [-0.4, -0.2) is 18.7 Å². The fraction of sp³-hybridized carbons (Fsp3) is 0.0667. The predicted molar refractivity (Wildman–Crippen MR) is 144 cm³/mol. The van der Waals surface area contributed by atoms with Crippen LogP contribution in [0.25, 0.3) is 6.08 Å². The molecular formula is C30H23ClN2O3. The molecule has 0 radical (unpaired) electrons. The molecular weight excluding hydrogens is 472 g/mol. The van der Waals surface area contributed by atoms with Crippen molar-refractivity contribution < 1.29 is 14.3 Å². The highest BCUT2D eigenvalue weighted by Crippen LogP contribution is 2.32. The zero-order valence-corrected chi connectivity index (χ0v) is 20.4. The highest BCUT2D eigenvalue weighted by molar-refractivity contribution is 6.37. The van der Waals surface area contributed by atoms with Crippen molar-refractivity contribution in [3.63, 3.8) is 0 Å². The maximum absolute atomic E-state index is 13.5. The fourth-order valence-electron chi connectivity index (χ4n) is 3.95. The van der Waals surface area contributed by atoms with Gasteiger partial charge in [-0.15, -0.1) is 0 Å². The van der Waals surface area contributed by atoms with Gasteiger partial charge in [0.1, 0.15) is 12.3 Å². The summed E-state index contributed by atoms with van der Waals surface area (Å²) >= 11 is 6.08. The normalized spacial score (nSPS) is 14.2. The summed E-state index contributed by atoms with van der Waals surface area (Å²) < 4.78 is 11.6. The molecule has 0 saturated carbocycles. The molecule has 1 heterocycles. The number of para-hydroxylation sites is 1. The van der Waals surface area contributed by atoms with E-state index in [1.165, 1.54) is 5.01 Å². The van der Waals surface area contributed by atoms with Gasteiger partial charge in [-0.25, -0.2) is 0 Å². The Kier molecular flexibility index (Phi) is 6.83. The highest BCUT2D eigenvalue weighted by Gasteiger charge is 2.32. The van der Waals surface area contributed by atoms with Crippen LogP contribution in [0.1, 0.15) is 16.7 Å². The summed E-state index contributed by atoms with van der Waals surface area (Å²) in [6, 6.07) is 32.2. The number of hydrogen-bond acceptors (Lipinski definition) is 4. The zero-order chi connectivity index (χ0) is 24.9. The average molecular weight is 495 g/mol. The van der Waals surface area contributed by atoms with Crippen molar-refractivity contribution in [2.45, 2.75) is 6.61 Å². The van der Waals surface area contributed by atoms with Crippen LogP contribution in [-0.2, 0) is 11.4 Å². The Balaban J connectivity index is 1.46. The lowest BCUT2D eigenvalue weighted by Crippen LogP contribution is -2.21. The highest BCUT2D eigenvalue weighted by atomic mass is 35.5. The van der Waals surface area contributed by atoms with Gasteiger partial charge in [0.25, 0.3) is 5.91 Å². The van der Waals surface area contributed by atoms with Crippen LogP contribution in [0.2, 0.25) is 5.02 Å². The number of nitrogens with zero attached hydrogens (tertiary/aromatic N) is 2. The van der Waals surface area contributed by atoms with E-state index >= 15 is 0 Å². The number of benzene rings is 4. The minimum absolute atomic E-state index is 0.194. The van der Waals surface area contributed by atoms with Crippen LogP contribution in [0, 0.1) is 0 Å². The molecule has 5 rings (SSSR count). The molecule has 1 aliphatic rings. The Hall–Kier alpha value is -4.35. The Morgan fingerprint density at radius 3 is 2.33 bits per heavy atom. The third-order valence-electron chi connectivity index (χ3n) is 5.71. The van der Waals surface area contributed by atoms with Gasteiger partial charge in [-0.3, -0.25) is 4.79 Å². The Morgan fingerprint density at radius 1 is 0.861 bits per heavy atom. The van der Waals surface area contributed by atoms with Gasteiger partial charge in [-0.1, -0.05) is 78.3 Å². The minimum atomic E-state index is -0.194. The number of carbonyl (C=O) groups excluding carboxylic acids is 1. The standard InChI is InChI=1S/C30H23ClN2O3/c1-35-28-19-21(15-16-27(28)36-20-22-9-8-12-24(31)17-22)18-26-29(23-10-4-2-5-11-23)32-33(30(26)34)25-13-6-3-7-14-25/h2-19H,20H2,1H3/b26-18-. The van der Waals surface area contributed by atoms with Crippen LogP contribution in [0.3, 0.4) is 0 Å². The Morgan fingerprint density at radius 2 is 1.61 bits per heavy atom. The third kappa shape index (κ3) is 5.02. The molecule has 4 aromatic rings. The first-order valence-corrected chi connectivity index (χ1v) is 11.8. The summed E-state index contributed by atoms with van der Waals surface area (Å²) in [4.78, 5) is 13.5. The van der Waals surface area contributed by atoms with E-state index in [1.807, 2.05) is 109 Å². The van der Waals surface area contributed by atoms with E-state index in [2.05, 4.69) is 5.10 Å². The first kappa shape index (κ1) is 23.4. The number of hydrogen-bond donors (Lipinski definition) is 0. The molecule has 36 heavy (non-hydrogen) atoms. The van der Waals surface area contributed by atoms with Crippen molar-refractivity contribution in [3.8, 4) is 11.5 Å². The van der Waals surface area contributed by atoms with Crippen LogP contribution in [0.4, 0.5) is 5.69 Å². The lowest BCUT2D eigenvalue weighted by atomic mass is 10.00. The summed E-state index contributed by atoms with van der Waals surface area (Å²) in [7, 11) is 1.59. The Bertz CT molecular complexity index is 1450. The fourth-order valence-corrected chi connectivity index (χ4v) is 4.16. The molecule has 0 spiro atoms. The molecule has 0 saturated heterocycles. The van der Waals surface area contributed by atoms with Crippen molar-refractivity contribution in [2.75, 3.05) is 12.1 Å². The predicted octanol–water partition coefficient (Wildman–Crippen LogP) is 6.76. The molecule has 0 unspecified atom stereocenters. The SMILES string of the molecule is COc1cc(/C=C2\C(=O)N(c3ccccc3)N=C2c2ccccc2)ccc1OCc1cccc(Cl)c1. The number of hydrazone groups is 1. The molecule has 1 aliphatic heterocycles. The number of rotatable bonds is 7. The monoisotopic (exact) mass is 494 g/mol. The third-order valence-corrected chi connectivity index (χ3v) is 5.94. The molecule has 0 N–H and O–H groups in total. The number of amides is 1. The number of carbonyl (C=O) groups is 1.